The summed E-state index contributed by atoms with van der Waals surface area (Å²) in [5, 5.41) is 6.31. The summed E-state index contributed by atoms with van der Waals surface area (Å²) in [6.45, 7) is 0. The lowest BCUT2D eigenvalue weighted by atomic mass is 10.2. The van der Waals surface area contributed by atoms with E-state index in [2.05, 4.69) is 10.6 Å². The van der Waals surface area contributed by atoms with Crippen molar-refractivity contribution in [1.82, 2.24) is 5.32 Å². The standard InChI is InChI=1S/C17H21ClN2O3/c1-23-15-7-6-11(8-14(15)18)20-17(22)13-9-12(13)16(21)19-10-4-2-3-5-10/h6-8,10,12-13H,2-5,9H2,1H3,(H,19,21)(H,20,22). The van der Waals surface area contributed by atoms with Gasteiger partial charge in [0.05, 0.1) is 24.0 Å². The van der Waals surface area contributed by atoms with Gasteiger partial charge in [-0.05, 0) is 37.5 Å². The molecule has 1 aromatic rings. The molecule has 124 valence electrons. The van der Waals surface area contributed by atoms with Gasteiger partial charge in [0.1, 0.15) is 5.75 Å². The Bertz CT molecular complexity index is 614. The van der Waals surface area contributed by atoms with Gasteiger partial charge in [-0.3, -0.25) is 9.59 Å². The van der Waals surface area contributed by atoms with Crippen molar-refractivity contribution in [1.29, 1.82) is 0 Å². The maximum Gasteiger partial charge on any atom is 0.228 e. The number of amides is 2. The van der Waals surface area contributed by atoms with E-state index in [-0.39, 0.29) is 23.7 Å². The molecule has 0 radical (unpaired) electrons. The molecule has 2 unspecified atom stereocenters. The third kappa shape index (κ3) is 3.78. The summed E-state index contributed by atoms with van der Waals surface area (Å²) >= 11 is 6.04. The van der Waals surface area contributed by atoms with Gasteiger partial charge in [-0.25, -0.2) is 0 Å². The fourth-order valence-electron chi connectivity index (χ4n) is 3.13. The first-order valence-corrected chi connectivity index (χ1v) is 8.41. The lowest BCUT2D eigenvalue weighted by Crippen LogP contribution is -2.34. The monoisotopic (exact) mass is 336 g/mol. The Morgan fingerprint density at radius 1 is 1.17 bits per heavy atom. The minimum atomic E-state index is -0.239. The highest BCUT2D eigenvalue weighted by Gasteiger charge is 2.48. The molecule has 2 aliphatic rings. The molecule has 5 nitrogen and oxygen atoms in total. The number of ether oxygens (including phenoxy) is 1. The number of anilines is 1. The van der Waals surface area contributed by atoms with Gasteiger partial charge in [0.2, 0.25) is 11.8 Å². The summed E-state index contributed by atoms with van der Waals surface area (Å²) in [5.41, 5.74) is 0.614. The van der Waals surface area contributed by atoms with Gasteiger partial charge in [0, 0.05) is 11.7 Å². The first kappa shape index (κ1) is 16.1. The third-order valence-electron chi connectivity index (χ3n) is 4.58. The van der Waals surface area contributed by atoms with Crippen molar-refractivity contribution < 1.29 is 14.3 Å². The van der Waals surface area contributed by atoms with Crippen LogP contribution >= 0.6 is 11.6 Å². The smallest absolute Gasteiger partial charge is 0.228 e. The number of carbonyl (C=O) groups excluding carboxylic acids is 2. The van der Waals surface area contributed by atoms with Crippen LogP contribution in [0.1, 0.15) is 32.1 Å². The van der Waals surface area contributed by atoms with Gasteiger partial charge >= 0.3 is 0 Å². The van der Waals surface area contributed by atoms with Crippen LogP contribution < -0.4 is 15.4 Å². The molecule has 0 saturated heterocycles. The zero-order valence-electron chi connectivity index (χ0n) is 13.1. The highest BCUT2D eigenvalue weighted by atomic mass is 35.5. The Labute approximate surface area is 140 Å². The number of hydrogen-bond donors (Lipinski definition) is 2. The van der Waals surface area contributed by atoms with Crippen molar-refractivity contribution in [3.8, 4) is 5.75 Å². The second-order valence-electron chi connectivity index (χ2n) is 6.28. The number of rotatable bonds is 5. The molecule has 1 aromatic carbocycles. The molecule has 2 aliphatic carbocycles. The lowest BCUT2D eigenvalue weighted by Gasteiger charge is -2.11. The second-order valence-corrected chi connectivity index (χ2v) is 6.68. The quantitative estimate of drug-likeness (QED) is 0.868. The zero-order chi connectivity index (χ0) is 16.4. The number of nitrogens with one attached hydrogen (secondary N) is 2. The minimum Gasteiger partial charge on any atom is -0.495 e. The van der Waals surface area contributed by atoms with Gasteiger partial charge in [-0.1, -0.05) is 24.4 Å². The molecule has 0 aliphatic heterocycles. The largest absolute Gasteiger partial charge is 0.495 e. The van der Waals surface area contributed by atoms with E-state index in [4.69, 9.17) is 16.3 Å². The molecular weight excluding hydrogens is 316 g/mol. The van der Waals surface area contributed by atoms with E-state index in [0.717, 1.165) is 12.8 Å². The number of carbonyl (C=O) groups is 2. The first-order chi connectivity index (χ1) is 11.1. The Morgan fingerprint density at radius 3 is 2.52 bits per heavy atom. The molecule has 0 bridgehead atoms. The highest BCUT2D eigenvalue weighted by Crippen LogP contribution is 2.40. The molecule has 2 saturated carbocycles. The Morgan fingerprint density at radius 2 is 1.87 bits per heavy atom. The second kappa shape index (κ2) is 6.79. The SMILES string of the molecule is COc1ccc(NC(=O)C2CC2C(=O)NC2CCCC2)cc1Cl. The Hall–Kier alpha value is -1.75. The Kier molecular flexibility index (Phi) is 4.76. The summed E-state index contributed by atoms with van der Waals surface area (Å²) in [6.07, 6.45) is 5.09. The predicted octanol–water partition coefficient (Wildman–Crippen LogP) is 2.98. The maximum atomic E-state index is 12.2. The topological polar surface area (TPSA) is 67.4 Å². The van der Waals surface area contributed by atoms with Gasteiger partial charge < -0.3 is 15.4 Å². The molecule has 23 heavy (non-hydrogen) atoms. The van der Waals surface area contributed by atoms with E-state index < -0.39 is 0 Å². The van der Waals surface area contributed by atoms with E-state index in [0.29, 0.717) is 28.9 Å². The molecule has 2 N–H and O–H groups in total. The van der Waals surface area contributed by atoms with Crippen LogP contribution in [0.5, 0.6) is 5.75 Å². The summed E-state index contributed by atoms with van der Waals surface area (Å²) in [5.74, 6) is 0.0223. The molecular formula is C17H21ClN2O3. The van der Waals surface area contributed by atoms with Crippen LogP contribution in [-0.2, 0) is 9.59 Å². The Balaban J connectivity index is 1.51. The molecule has 2 fully saturated rings. The van der Waals surface area contributed by atoms with Gasteiger partial charge in [-0.2, -0.15) is 0 Å². The van der Waals surface area contributed by atoms with Crippen molar-refractivity contribution in [2.75, 3.05) is 12.4 Å². The van der Waals surface area contributed by atoms with E-state index >= 15 is 0 Å². The average molecular weight is 337 g/mol. The number of benzene rings is 1. The molecule has 3 rings (SSSR count). The van der Waals surface area contributed by atoms with Crippen LogP contribution in [0.4, 0.5) is 5.69 Å². The van der Waals surface area contributed by atoms with Crippen LogP contribution in [0, 0.1) is 11.8 Å². The fraction of sp³-hybridized carbons (Fsp3) is 0.529. The zero-order valence-corrected chi connectivity index (χ0v) is 13.9. The van der Waals surface area contributed by atoms with Crippen molar-refractivity contribution in [2.45, 2.75) is 38.1 Å². The van der Waals surface area contributed by atoms with Gasteiger partial charge in [0.15, 0.2) is 0 Å². The van der Waals surface area contributed by atoms with E-state index in [1.807, 2.05) is 0 Å². The lowest BCUT2D eigenvalue weighted by molar-refractivity contribution is -0.125. The van der Waals surface area contributed by atoms with Crippen molar-refractivity contribution >= 4 is 29.1 Å². The average Bonchev–Trinajstić information content (AvgIpc) is 3.18. The maximum absolute atomic E-state index is 12.2. The minimum absolute atomic E-state index is 0.0183. The van der Waals surface area contributed by atoms with Crippen LogP contribution in [0.3, 0.4) is 0 Å². The fourth-order valence-corrected chi connectivity index (χ4v) is 3.39. The van der Waals surface area contributed by atoms with Crippen LogP contribution in [0.15, 0.2) is 18.2 Å². The number of halogens is 1. The molecule has 0 aromatic heterocycles. The summed E-state index contributed by atoms with van der Waals surface area (Å²) < 4.78 is 5.08. The van der Waals surface area contributed by atoms with Gasteiger partial charge in [-0.15, -0.1) is 0 Å². The van der Waals surface area contributed by atoms with Crippen molar-refractivity contribution in [3.63, 3.8) is 0 Å². The van der Waals surface area contributed by atoms with Gasteiger partial charge in [0.25, 0.3) is 0 Å². The van der Waals surface area contributed by atoms with Crippen LogP contribution in [-0.4, -0.2) is 25.0 Å². The van der Waals surface area contributed by atoms with E-state index in [1.54, 1.807) is 18.2 Å². The summed E-state index contributed by atoms with van der Waals surface area (Å²) in [4.78, 5) is 24.4. The molecule has 2 atom stereocenters. The van der Waals surface area contributed by atoms with E-state index in [1.165, 1.54) is 20.0 Å². The predicted molar refractivity (Wildman–Crippen MR) is 88.6 cm³/mol. The van der Waals surface area contributed by atoms with Crippen molar-refractivity contribution in [3.05, 3.63) is 23.2 Å². The third-order valence-corrected chi connectivity index (χ3v) is 4.88. The first-order valence-electron chi connectivity index (χ1n) is 8.03. The highest BCUT2D eigenvalue weighted by molar-refractivity contribution is 6.32. The molecule has 2 amide bonds. The number of hydrogen-bond acceptors (Lipinski definition) is 3. The van der Waals surface area contributed by atoms with E-state index in [9.17, 15) is 9.59 Å². The van der Waals surface area contributed by atoms with Crippen LogP contribution in [0.2, 0.25) is 5.02 Å². The van der Waals surface area contributed by atoms with Crippen molar-refractivity contribution in [2.24, 2.45) is 11.8 Å². The summed E-state index contributed by atoms with van der Waals surface area (Å²) in [6, 6.07) is 5.38. The molecule has 0 spiro atoms. The molecule has 6 heteroatoms. The number of methoxy groups -OCH3 is 1. The normalized spacial score (nSPS) is 23.4. The van der Waals surface area contributed by atoms with Crippen LogP contribution in [0.25, 0.3) is 0 Å². The molecule has 0 heterocycles. The summed E-state index contributed by atoms with van der Waals surface area (Å²) in [7, 11) is 1.54.